The van der Waals surface area contributed by atoms with Gasteiger partial charge >= 0.3 is 0 Å². The maximum atomic E-state index is 12.4. The molecular weight excluding hydrogens is 472 g/mol. The summed E-state index contributed by atoms with van der Waals surface area (Å²) >= 11 is 4.44. The molecule has 7 nitrogen and oxygen atoms in total. The number of carbonyl (C=O) groups excluding carboxylic acids is 3. The number of carbonyl (C=O) groups is 3. The number of benzene rings is 3. The molecule has 186 valence electrons. The molecule has 4 N–H and O–H groups in total. The molecule has 0 radical (unpaired) electrons. The first-order chi connectivity index (χ1) is 17.5. The van der Waals surface area contributed by atoms with E-state index in [4.69, 9.17) is 0 Å². The van der Waals surface area contributed by atoms with Gasteiger partial charge in [0, 0.05) is 41.3 Å². The van der Waals surface area contributed by atoms with Gasteiger partial charge in [0.15, 0.2) is 0 Å². The van der Waals surface area contributed by atoms with Gasteiger partial charge in [0.2, 0.25) is 5.91 Å². The predicted octanol–water partition coefficient (Wildman–Crippen LogP) is 4.25. The van der Waals surface area contributed by atoms with Gasteiger partial charge in [-0.3, -0.25) is 9.59 Å². The maximum absolute atomic E-state index is 12.4. The summed E-state index contributed by atoms with van der Waals surface area (Å²) in [5.41, 5.74) is 6.05. The summed E-state index contributed by atoms with van der Waals surface area (Å²) in [7, 11) is 1.87. The molecule has 4 rings (SSSR count). The maximum Gasteiger partial charge on any atom is 0.251 e. The summed E-state index contributed by atoms with van der Waals surface area (Å²) in [4.78, 5) is 37.0. The highest BCUT2D eigenvalue weighted by Gasteiger charge is 2.19. The van der Waals surface area contributed by atoms with Gasteiger partial charge in [0.05, 0.1) is 0 Å². The van der Waals surface area contributed by atoms with Crippen LogP contribution in [0.2, 0.25) is 0 Å². The Morgan fingerprint density at radius 3 is 2.61 bits per heavy atom. The van der Waals surface area contributed by atoms with E-state index in [1.807, 2.05) is 61.6 Å². The minimum atomic E-state index is -0.524. The van der Waals surface area contributed by atoms with Crippen LogP contribution in [-0.4, -0.2) is 25.1 Å². The molecule has 36 heavy (non-hydrogen) atoms. The summed E-state index contributed by atoms with van der Waals surface area (Å²) in [6.45, 7) is 1.22. The summed E-state index contributed by atoms with van der Waals surface area (Å²) < 4.78 is 0. The van der Waals surface area contributed by atoms with Gasteiger partial charge in [-0.05, 0) is 72.5 Å². The van der Waals surface area contributed by atoms with Gasteiger partial charge in [-0.15, -0.1) is 12.6 Å². The highest BCUT2D eigenvalue weighted by atomic mass is 32.1. The van der Waals surface area contributed by atoms with Crippen LogP contribution in [0, 0.1) is 0 Å². The molecule has 0 aromatic heterocycles. The third-order valence-corrected chi connectivity index (χ3v) is 6.63. The van der Waals surface area contributed by atoms with Crippen molar-refractivity contribution in [3.63, 3.8) is 0 Å². The van der Waals surface area contributed by atoms with E-state index in [2.05, 4.69) is 33.9 Å². The fourth-order valence-corrected chi connectivity index (χ4v) is 4.46. The number of anilines is 2. The van der Waals surface area contributed by atoms with Crippen LogP contribution in [0.3, 0.4) is 0 Å². The Bertz CT molecular complexity index is 1260. The molecule has 3 aromatic carbocycles. The lowest BCUT2D eigenvalue weighted by molar-refractivity contribution is -0.116. The fourth-order valence-electron chi connectivity index (χ4n) is 4.24. The van der Waals surface area contributed by atoms with Gasteiger partial charge < -0.3 is 26.1 Å². The number of nitrogens with one attached hydrogen (secondary N) is 4. The monoisotopic (exact) mass is 502 g/mol. The van der Waals surface area contributed by atoms with Crippen molar-refractivity contribution in [2.45, 2.75) is 43.3 Å². The molecule has 2 amide bonds. The lowest BCUT2D eigenvalue weighted by Gasteiger charge is -2.16. The van der Waals surface area contributed by atoms with E-state index in [1.54, 1.807) is 6.07 Å². The highest BCUT2D eigenvalue weighted by molar-refractivity contribution is 7.80. The summed E-state index contributed by atoms with van der Waals surface area (Å²) in [6.07, 6.45) is 2.74. The molecule has 0 bridgehead atoms. The predicted molar refractivity (Wildman–Crippen MR) is 145 cm³/mol. The molecule has 0 fully saturated rings. The quantitative estimate of drug-likeness (QED) is 0.199. The molecule has 1 aliphatic heterocycles. The van der Waals surface area contributed by atoms with E-state index in [0.29, 0.717) is 31.5 Å². The number of hydrogen-bond donors (Lipinski definition) is 5. The van der Waals surface area contributed by atoms with Crippen molar-refractivity contribution in [3.8, 4) is 0 Å². The third kappa shape index (κ3) is 6.33. The van der Waals surface area contributed by atoms with Gasteiger partial charge in [0.25, 0.3) is 5.91 Å². The van der Waals surface area contributed by atoms with Crippen LogP contribution >= 0.6 is 12.6 Å². The Kier molecular flexibility index (Phi) is 8.40. The van der Waals surface area contributed by atoms with Crippen molar-refractivity contribution >= 4 is 42.1 Å². The van der Waals surface area contributed by atoms with Crippen molar-refractivity contribution in [2.24, 2.45) is 0 Å². The van der Waals surface area contributed by atoms with Gasteiger partial charge in [-0.2, -0.15) is 0 Å². The van der Waals surface area contributed by atoms with Crippen LogP contribution in [0.15, 0.2) is 65.6 Å². The minimum absolute atomic E-state index is 0.0258. The lowest BCUT2D eigenvalue weighted by Crippen LogP contribution is -2.14. The van der Waals surface area contributed by atoms with Crippen LogP contribution in [-0.2, 0) is 29.1 Å². The number of fused-ring (bicyclic) bond motifs is 1. The van der Waals surface area contributed by atoms with E-state index in [1.165, 1.54) is 0 Å². The largest absolute Gasteiger partial charge is 0.372 e. The van der Waals surface area contributed by atoms with E-state index >= 15 is 0 Å². The zero-order valence-electron chi connectivity index (χ0n) is 20.1. The summed E-state index contributed by atoms with van der Waals surface area (Å²) in [5.74, 6) is -0.120. The molecule has 3 aromatic rings. The minimum Gasteiger partial charge on any atom is -0.372 e. The zero-order chi connectivity index (χ0) is 25.5. The van der Waals surface area contributed by atoms with Crippen molar-refractivity contribution < 1.29 is 14.4 Å². The molecule has 8 heteroatoms. The molecule has 1 atom stereocenters. The van der Waals surface area contributed by atoms with E-state index < -0.39 is 6.04 Å². The Labute approximate surface area is 216 Å². The van der Waals surface area contributed by atoms with E-state index in [-0.39, 0.29) is 11.8 Å². The molecule has 0 aliphatic carbocycles. The standard InChI is InChI=1S/C28H30N4O3S/c1-29-15-21-13-22(11-12-26(21)36)32-27(34)4-2-3-18-5-7-19(8-6-18)25(17-33)31-23-10-9-20-16-30-28(35)24(20)14-23/h5-14,17,25,29,31,36H,2-4,15-16H2,1H3,(H,30,35)(H,32,34). The number of aldehydes is 1. The molecular formula is C28H30N4O3S. The molecule has 1 aliphatic rings. The Morgan fingerprint density at radius 2 is 1.86 bits per heavy atom. The van der Waals surface area contributed by atoms with Crippen molar-refractivity contribution in [1.29, 1.82) is 0 Å². The first-order valence-electron chi connectivity index (χ1n) is 11.9. The van der Waals surface area contributed by atoms with Crippen LogP contribution in [0.4, 0.5) is 11.4 Å². The normalized spacial score (nSPS) is 13.0. The molecule has 1 unspecified atom stereocenters. The summed E-state index contributed by atoms with van der Waals surface area (Å²) in [6, 6.07) is 18.5. The average molecular weight is 503 g/mol. The third-order valence-electron chi connectivity index (χ3n) is 6.19. The highest BCUT2D eigenvalue weighted by Crippen LogP contribution is 2.24. The van der Waals surface area contributed by atoms with Gasteiger partial charge in [-0.1, -0.05) is 30.3 Å². The Morgan fingerprint density at radius 1 is 1.08 bits per heavy atom. The molecule has 0 spiro atoms. The van der Waals surface area contributed by atoms with Crippen LogP contribution < -0.4 is 21.3 Å². The molecule has 0 saturated carbocycles. The fraction of sp³-hybridized carbons (Fsp3) is 0.250. The van der Waals surface area contributed by atoms with Gasteiger partial charge in [-0.25, -0.2) is 0 Å². The van der Waals surface area contributed by atoms with Gasteiger partial charge in [0.1, 0.15) is 12.3 Å². The van der Waals surface area contributed by atoms with Crippen molar-refractivity contribution in [2.75, 3.05) is 17.7 Å². The molecule has 0 saturated heterocycles. The Balaban J connectivity index is 1.28. The smallest absolute Gasteiger partial charge is 0.251 e. The van der Waals surface area contributed by atoms with Crippen molar-refractivity contribution in [3.05, 3.63) is 88.5 Å². The first kappa shape index (κ1) is 25.5. The second kappa shape index (κ2) is 11.9. The van der Waals surface area contributed by atoms with Crippen molar-refractivity contribution in [1.82, 2.24) is 10.6 Å². The zero-order valence-corrected chi connectivity index (χ0v) is 21.0. The van der Waals surface area contributed by atoms with Crippen LogP contribution in [0.1, 0.15) is 51.5 Å². The average Bonchev–Trinajstić information content (AvgIpc) is 3.25. The second-order valence-corrected chi connectivity index (χ2v) is 9.31. The number of thiol groups is 1. The molecule has 1 heterocycles. The number of hydrogen-bond acceptors (Lipinski definition) is 6. The van der Waals surface area contributed by atoms with E-state index in [9.17, 15) is 14.4 Å². The number of amides is 2. The lowest BCUT2D eigenvalue weighted by atomic mass is 10.0. The second-order valence-electron chi connectivity index (χ2n) is 8.83. The van der Waals surface area contributed by atoms with Crippen LogP contribution in [0.25, 0.3) is 0 Å². The van der Waals surface area contributed by atoms with E-state index in [0.717, 1.165) is 51.2 Å². The number of aryl methyl sites for hydroxylation is 1. The Hall–Kier alpha value is -3.62. The first-order valence-corrected chi connectivity index (χ1v) is 12.4. The van der Waals surface area contributed by atoms with Crippen LogP contribution in [0.5, 0.6) is 0 Å². The SMILES string of the molecule is CNCc1cc(NC(=O)CCCc2ccc(C(C=O)Nc3ccc4c(c3)C(=O)NC4)cc2)ccc1S. The number of rotatable bonds is 11. The summed E-state index contributed by atoms with van der Waals surface area (Å²) in [5, 5.41) is 12.0. The topological polar surface area (TPSA) is 99.3 Å².